The second-order valence-electron chi connectivity index (χ2n) is 9.12. The average molecular weight is 480 g/mol. The van der Waals surface area contributed by atoms with E-state index in [1.807, 2.05) is 6.07 Å². The highest BCUT2D eigenvalue weighted by atomic mass is 19.4. The highest BCUT2D eigenvalue weighted by molar-refractivity contribution is 6.00. The van der Waals surface area contributed by atoms with Crippen LogP contribution in [0.1, 0.15) is 93.2 Å². The van der Waals surface area contributed by atoms with Gasteiger partial charge >= 0.3 is 6.18 Å². The van der Waals surface area contributed by atoms with E-state index in [0.717, 1.165) is 29.7 Å². The maximum Gasteiger partial charge on any atom is 0.410 e. The molecule has 34 heavy (non-hydrogen) atoms. The van der Waals surface area contributed by atoms with Gasteiger partial charge in [0.15, 0.2) is 11.8 Å². The number of carbonyl (C=O) groups excluding carboxylic acids is 1. The lowest BCUT2D eigenvalue weighted by atomic mass is 9.96. The van der Waals surface area contributed by atoms with Crippen molar-refractivity contribution in [2.45, 2.75) is 83.5 Å². The number of anilines is 1. The minimum atomic E-state index is -4.46. The summed E-state index contributed by atoms with van der Waals surface area (Å²) in [6, 6.07) is 6.69. The fraction of sp³-hybridized carbons (Fsp3) is 0.615. The number of nitrogens with one attached hydrogen (secondary N) is 1. The molecule has 0 aliphatic carbocycles. The van der Waals surface area contributed by atoms with Gasteiger partial charge in [-0.15, -0.1) is 0 Å². The van der Waals surface area contributed by atoms with Crippen molar-refractivity contribution in [1.82, 2.24) is 9.78 Å². The summed E-state index contributed by atoms with van der Waals surface area (Å²) in [5, 5.41) is 7.10. The van der Waals surface area contributed by atoms with Crippen molar-refractivity contribution in [1.29, 1.82) is 0 Å². The number of rotatable bonds is 13. The average Bonchev–Trinajstić information content (AvgIpc) is 3.26. The van der Waals surface area contributed by atoms with Crippen molar-refractivity contribution < 1.29 is 22.7 Å². The Morgan fingerprint density at radius 1 is 1.21 bits per heavy atom. The summed E-state index contributed by atoms with van der Waals surface area (Å²) in [4.78, 5) is 12.9. The van der Waals surface area contributed by atoms with E-state index in [-0.39, 0.29) is 30.0 Å². The number of nitrogens with zero attached hydrogens (tertiary/aromatic N) is 2. The molecule has 3 rings (SSSR count). The topological polar surface area (TPSA) is 56.1 Å². The number of hydrogen-bond donors (Lipinski definition) is 1. The van der Waals surface area contributed by atoms with Crippen molar-refractivity contribution >= 4 is 11.6 Å². The zero-order chi connectivity index (χ0) is 24.6. The van der Waals surface area contributed by atoms with E-state index in [0.29, 0.717) is 18.9 Å². The van der Waals surface area contributed by atoms with Crippen LogP contribution in [0, 0.1) is 5.92 Å². The SMILES string of the molecule is CCCCC(CC)COCCCCC(=O)c1cnn2c1NC(c1ccccc1)CC2C(F)(F)F. The summed E-state index contributed by atoms with van der Waals surface area (Å²) in [6.07, 6.45) is 2.92. The van der Waals surface area contributed by atoms with Gasteiger partial charge in [0.2, 0.25) is 0 Å². The molecule has 0 spiro atoms. The molecule has 188 valence electrons. The molecule has 0 amide bonds. The lowest BCUT2D eigenvalue weighted by Crippen LogP contribution is -2.36. The van der Waals surface area contributed by atoms with Gasteiger partial charge in [-0.25, -0.2) is 4.68 Å². The Kier molecular flexibility index (Phi) is 9.56. The highest BCUT2D eigenvalue weighted by Gasteiger charge is 2.47. The summed E-state index contributed by atoms with van der Waals surface area (Å²) >= 11 is 0. The summed E-state index contributed by atoms with van der Waals surface area (Å²) < 4.78 is 48.1. The van der Waals surface area contributed by atoms with Crippen LogP contribution in [0.15, 0.2) is 36.5 Å². The second-order valence-corrected chi connectivity index (χ2v) is 9.12. The molecule has 5 nitrogen and oxygen atoms in total. The Hall–Kier alpha value is -2.35. The number of ketones is 1. The first-order chi connectivity index (χ1) is 16.3. The van der Waals surface area contributed by atoms with E-state index in [1.54, 1.807) is 24.3 Å². The van der Waals surface area contributed by atoms with Crippen molar-refractivity contribution in [2.24, 2.45) is 5.92 Å². The van der Waals surface area contributed by atoms with Gasteiger partial charge in [-0.05, 0) is 30.7 Å². The Balaban J connectivity index is 1.58. The van der Waals surface area contributed by atoms with E-state index < -0.39 is 18.3 Å². The first-order valence-corrected chi connectivity index (χ1v) is 12.4. The Morgan fingerprint density at radius 2 is 1.97 bits per heavy atom. The van der Waals surface area contributed by atoms with Gasteiger partial charge in [-0.2, -0.15) is 18.3 Å². The fourth-order valence-corrected chi connectivity index (χ4v) is 4.44. The maximum absolute atomic E-state index is 13.8. The van der Waals surface area contributed by atoms with Crippen LogP contribution in [-0.2, 0) is 4.74 Å². The van der Waals surface area contributed by atoms with E-state index >= 15 is 0 Å². The predicted molar refractivity (Wildman–Crippen MR) is 127 cm³/mol. The molecule has 0 radical (unpaired) electrons. The number of benzene rings is 1. The normalized spacial score (nSPS) is 18.9. The number of carbonyl (C=O) groups is 1. The first-order valence-electron chi connectivity index (χ1n) is 12.4. The van der Waals surface area contributed by atoms with Gasteiger partial charge in [0, 0.05) is 26.1 Å². The van der Waals surface area contributed by atoms with Gasteiger partial charge in [0.25, 0.3) is 0 Å². The number of aromatic nitrogens is 2. The summed E-state index contributed by atoms with van der Waals surface area (Å²) in [7, 11) is 0. The molecular formula is C26H36F3N3O2. The monoisotopic (exact) mass is 479 g/mol. The number of hydrogen-bond acceptors (Lipinski definition) is 4. The quantitative estimate of drug-likeness (QED) is 0.245. The van der Waals surface area contributed by atoms with Gasteiger partial charge in [0.1, 0.15) is 5.82 Å². The maximum atomic E-state index is 13.8. The molecule has 0 saturated carbocycles. The minimum absolute atomic E-state index is 0.158. The molecule has 8 heteroatoms. The molecule has 3 atom stereocenters. The van der Waals surface area contributed by atoms with Crippen LogP contribution in [0.4, 0.5) is 19.0 Å². The molecule has 1 aromatic heterocycles. The zero-order valence-corrected chi connectivity index (χ0v) is 20.1. The third-order valence-corrected chi connectivity index (χ3v) is 6.58. The molecular weight excluding hydrogens is 443 g/mol. The van der Waals surface area contributed by atoms with Gasteiger partial charge < -0.3 is 10.1 Å². The number of ether oxygens (including phenoxy) is 1. The van der Waals surface area contributed by atoms with Crippen LogP contribution in [0.25, 0.3) is 0 Å². The molecule has 0 bridgehead atoms. The summed E-state index contributed by atoms with van der Waals surface area (Å²) in [6.45, 7) is 5.69. The Bertz CT molecular complexity index is 898. The number of halogens is 3. The van der Waals surface area contributed by atoms with Crippen molar-refractivity contribution in [3.05, 3.63) is 47.7 Å². The van der Waals surface area contributed by atoms with E-state index in [1.165, 1.54) is 25.5 Å². The molecule has 3 unspecified atom stereocenters. The van der Waals surface area contributed by atoms with Crippen molar-refractivity contribution in [2.75, 3.05) is 18.5 Å². The summed E-state index contributed by atoms with van der Waals surface area (Å²) in [5.41, 5.74) is 0.977. The third kappa shape index (κ3) is 6.84. The second kappa shape index (κ2) is 12.4. The van der Waals surface area contributed by atoms with E-state index in [9.17, 15) is 18.0 Å². The van der Waals surface area contributed by atoms with E-state index in [4.69, 9.17) is 4.74 Å². The highest BCUT2D eigenvalue weighted by Crippen LogP contribution is 2.44. The number of fused-ring (bicyclic) bond motifs is 1. The standard InChI is InChI=1S/C26H36F3N3O2/c1-3-5-11-19(4-2)18-34-15-10-9-14-23(33)21-17-30-32-24(26(27,28)29)16-22(31-25(21)32)20-12-7-6-8-13-20/h6-8,12-13,17,19,22,24,31H,3-5,9-11,14-16,18H2,1-2H3. The van der Waals surface area contributed by atoms with Gasteiger partial charge in [-0.3, -0.25) is 4.79 Å². The Labute approximate surface area is 200 Å². The molecule has 1 aromatic carbocycles. The van der Waals surface area contributed by atoms with Crippen LogP contribution < -0.4 is 5.32 Å². The first kappa shape index (κ1) is 26.3. The van der Waals surface area contributed by atoms with Crippen molar-refractivity contribution in [3.63, 3.8) is 0 Å². The van der Waals surface area contributed by atoms with Crippen molar-refractivity contribution in [3.8, 4) is 0 Å². The number of unbranched alkanes of at least 4 members (excludes halogenated alkanes) is 2. The molecule has 0 fully saturated rings. The van der Waals surface area contributed by atoms with Crippen LogP contribution in [-0.4, -0.2) is 35.0 Å². The molecule has 2 heterocycles. The lowest BCUT2D eigenvalue weighted by Gasteiger charge is -2.34. The van der Waals surface area contributed by atoms with E-state index in [2.05, 4.69) is 24.3 Å². The molecule has 1 aliphatic heterocycles. The molecule has 2 aromatic rings. The van der Waals surface area contributed by atoms with Crippen LogP contribution >= 0.6 is 0 Å². The van der Waals surface area contributed by atoms with Crippen LogP contribution in [0.3, 0.4) is 0 Å². The predicted octanol–water partition coefficient (Wildman–Crippen LogP) is 7.13. The third-order valence-electron chi connectivity index (χ3n) is 6.58. The number of alkyl halides is 3. The minimum Gasteiger partial charge on any atom is -0.381 e. The largest absolute Gasteiger partial charge is 0.410 e. The number of Topliss-reactive ketones (excluding diaryl/α,β-unsaturated/α-hetero) is 1. The lowest BCUT2D eigenvalue weighted by molar-refractivity contribution is -0.173. The zero-order valence-electron chi connectivity index (χ0n) is 20.1. The molecule has 0 saturated heterocycles. The van der Waals surface area contributed by atoms with Gasteiger partial charge in [-0.1, -0.05) is 63.4 Å². The van der Waals surface area contributed by atoms with Crippen LogP contribution in [0.2, 0.25) is 0 Å². The van der Waals surface area contributed by atoms with Crippen LogP contribution in [0.5, 0.6) is 0 Å². The van der Waals surface area contributed by atoms with Gasteiger partial charge in [0.05, 0.1) is 17.8 Å². The molecule has 1 N–H and O–H groups in total. The summed E-state index contributed by atoms with van der Waals surface area (Å²) in [5.74, 6) is 0.536. The molecule has 1 aliphatic rings. The fourth-order valence-electron chi connectivity index (χ4n) is 4.44. The smallest absolute Gasteiger partial charge is 0.381 e. The Morgan fingerprint density at radius 3 is 2.65 bits per heavy atom.